The van der Waals surface area contributed by atoms with Gasteiger partial charge >= 0.3 is 0 Å². The molecule has 0 saturated carbocycles. The van der Waals surface area contributed by atoms with Gasteiger partial charge in [-0.15, -0.1) is 0 Å². The van der Waals surface area contributed by atoms with Crippen molar-refractivity contribution in [2.45, 2.75) is 77.0 Å². The maximum atomic E-state index is 2.63. The van der Waals surface area contributed by atoms with E-state index in [1.807, 2.05) is 0 Å². The molecular formula is C58H46N2. The number of hydrogen-bond acceptors (Lipinski definition) is 0. The van der Waals surface area contributed by atoms with E-state index in [1.165, 1.54) is 133 Å². The van der Waals surface area contributed by atoms with Crippen molar-refractivity contribution in [1.82, 2.24) is 9.13 Å². The van der Waals surface area contributed by atoms with Crippen LogP contribution >= 0.6 is 0 Å². The molecule has 2 heteroatoms. The van der Waals surface area contributed by atoms with Gasteiger partial charge in [0.15, 0.2) is 0 Å². The van der Waals surface area contributed by atoms with E-state index in [0.29, 0.717) is 0 Å². The molecule has 0 spiro atoms. The van der Waals surface area contributed by atoms with E-state index in [-0.39, 0.29) is 21.7 Å². The van der Waals surface area contributed by atoms with E-state index in [4.69, 9.17) is 0 Å². The van der Waals surface area contributed by atoms with Gasteiger partial charge in [0, 0.05) is 43.2 Å². The second-order valence-electron chi connectivity index (χ2n) is 20.5. The molecule has 0 atom stereocenters. The average molecular weight is 771 g/mol. The molecule has 4 aliphatic heterocycles. The Balaban J connectivity index is 1.03. The summed E-state index contributed by atoms with van der Waals surface area (Å²) in [6, 6.07) is 52.1. The first-order valence-corrected chi connectivity index (χ1v) is 21.9. The highest BCUT2D eigenvalue weighted by Gasteiger charge is 2.45. The highest BCUT2D eigenvalue weighted by Crippen LogP contribution is 2.58. The number of para-hydroxylation sites is 4. The van der Waals surface area contributed by atoms with Crippen molar-refractivity contribution in [3.8, 4) is 33.6 Å². The first-order chi connectivity index (χ1) is 28.8. The van der Waals surface area contributed by atoms with Crippen molar-refractivity contribution in [2.75, 3.05) is 0 Å². The Hall–Kier alpha value is -6.38. The Morgan fingerprint density at radius 2 is 0.533 bits per heavy atom. The lowest BCUT2D eigenvalue weighted by molar-refractivity contribution is 0.594. The largest absolute Gasteiger partial charge is 0.308 e. The van der Waals surface area contributed by atoms with Crippen LogP contribution < -0.4 is 0 Å². The summed E-state index contributed by atoms with van der Waals surface area (Å²) >= 11 is 0. The molecule has 6 heterocycles. The Labute approximate surface area is 350 Å². The van der Waals surface area contributed by atoms with Crippen LogP contribution in [0.1, 0.15) is 99.9 Å². The third kappa shape index (κ3) is 3.53. The minimum atomic E-state index is -0.175. The average Bonchev–Trinajstić information content (AvgIpc) is 3.77. The lowest BCUT2D eigenvalue weighted by atomic mass is 9.67. The number of rotatable bonds is 2. The number of benzene rings is 8. The molecule has 0 unspecified atom stereocenters. The maximum absolute atomic E-state index is 2.63. The monoisotopic (exact) mass is 770 g/mol. The van der Waals surface area contributed by atoms with Crippen molar-refractivity contribution in [2.24, 2.45) is 0 Å². The van der Waals surface area contributed by atoms with Gasteiger partial charge < -0.3 is 9.13 Å². The molecule has 2 nitrogen and oxygen atoms in total. The molecule has 0 radical (unpaired) electrons. The lowest BCUT2D eigenvalue weighted by Crippen LogP contribution is -2.33. The molecule has 0 saturated heterocycles. The summed E-state index contributed by atoms with van der Waals surface area (Å²) in [6.45, 7) is 19.5. The Kier molecular flexibility index (Phi) is 5.65. The fourth-order valence-electron chi connectivity index (χ4n) is 13.1. The van der Waals surface area contributed by atoms with Crippen LogP contribution in [0.2, 0.25) is 0 Å². The minimum Gasteiger partial charge on any atom is -0.308 e. The van der Waals surface area contributed by atoms with Gasteiger partial charge in [0.05, 0.1) is 33.4 Å². The van der Waals surface area contributed by atoms with Gasteiger partial charge in [-0.2, -0.15) is 0 Å². The smallest absolute Gasteiger partial charge is 0.0582 e. The van der Waals surface area contributed by atoms with Crippen molar-refractivity contribution >= 4 is 54.4 Å². The normalized spacial score (nSPS) is 17.5. The zero-order valence-electron chi connectivity index (χ0n) is 35.6. The molecule has 0 N–H and O–H groups in total. The van der Waals surface area contributed by atoms with E-state index >= 15 is 0 Å². The first kappa shape index (κ1) is 33.5. The fourth-order valence-corrected chi connectivity index (χ4v) is 13.1. The summed E-state index contributed by atoms with van der Waals surface area (Å²) in [6.07, 6.45) is 0. The fraction of sp³-hybridized carbons (Fsp3) is 0.207. The third-order valence-corrected chi connectivity index (χ3v) is 16.2. The molecule has 10 aromatic rings. The molecule has 2 aromatic heterocycles. The van der Waals surface area contributed by atoms with Crippen LogP contribution in [0.4, 0.5) is 0 Å². The van der Waals surface area contributed by atoms with Crippen LogP contribution in [0.3, 0.4) is 0 Å². The predicted molar refractivity (Wildman–Crippen MR) is 252 cm³/mol. The van der Waals surface area contributed by atoms with Gasteiger partial charge in [-0.1, -0.05) is 165 Å². The summed E-state index contributed by atoms with van der Waals surface area (Å²) < 4.78 is 5.26. The molecule has 14 rings (SSSR count). The van der Waals surface area contributed by atoms with Crippen LogP contribution in [0.15, 0.2) is 133 Å². The van der Waals surface area contributed by atoms with E-state index in [9.17, 15) is 0 Å². The highest BCUT2D eigenvalue weighted by molar-refractivity contribution is 6.16. The van der Waals surface area contributed by atoms with Gasteiger partial charge in [0.25, 0.3) is 0 Å². The molecule has 0 aliphatic carbocycles. The van der Waals surface area contributed by atoms with Gasteiger partial charge in [-0.3, -0.25) is 0 Å². The van der Waals surface area contributed by atoms with Crippen LogP contribution in [0, 0.1) is 0 Å². The van der Waals surface area contributed by atoms with Gasteiger partial charge in [-0.25, -0.2) is 0 Å². The summed E-state index contributed by atoms with van der Waals surface area (Å²) in [7, 11) is 0. The topological polar surface area (TPSA) is 9.86 Å². The highest BCUT2D eigenvalue weighted by atomic mass is 15.0. The minimum absolute atomic E-state index is 0.175. The zero-order chi connectivity index (χ0) is 40.6. The summed E-state index contributed by atoms with van der Waals surface area (Å²) in [5, 5.41) is 8.05. The first-order valence-electron chi connectivity index (χ1n) is 21.9. The van der Waals surface area contributed by atoms with Crippen molar-refractivity contribution in [3.05, 3.63) is 178 Å². The second-order valence-corrected chi connectivity index (χ2v) is 20.5. The van der Waals surface area contributed by atoms with Gasteiger partial charge in [0.2, 0.25) is 0 Å². The quantitative estimate of drug-likeness (QED) is 0.166. The van der Waals surface area contributed by atoms with E-state index in [0.717, 1.165) is 0 Å². The van der Waals surface area contributed by atoms with E-state index in [2.05, 4.69) is 198 Å². The zero-order valence-corrected chi connectivity index (χ0v) is 35.6. The van der Waals surface area contributed by atoms with Crippen LogP contribution in [0.25, 0.3) is 88.0 Å². The summed E-state index contributed by atoms with van der Waals surface area (Å²) in [5.41, 5.74) is 24.1. The van der Waals surface area contributed by atoms with Crippen molar-refractivity contribution in [3.63, 3.8) is 0 Å². The Morgan fingerprint density at radius 1 is 0.283 bits per heavy atom. The van der Waals surface area contributed by atoms with Crippen LogP contribution in [0.5, 0.6) is 0 Å². The van der Waals surface area contributed by atoms with Crippen molar-refractivity contribution in [1.29, 1.82) is 0 Å². The molecule has 4 aliphatic rings. The SMILES string of the molecule is CC1(C)c2cc(-c3cccc4c(-c5cc6c7c(c5)C(C)(C)c5cccc8c9cccc(c9n-7c58)C6(C)C)cccc34)cc3c2-n2c4c1cccc4c1cccc(c12)C3(C)C. The molecule has 0 amide bonds. The van der Waals surface area contributed by atoms with E-state index in [1.54, 1.807) is 0 Å². The Bertz CT molecular complexity index is 3270. The number of fused-ring (bicyclic) bond motifs is 3. The second kappa shape index (κ2) is 10.1. The predicted octanol–water partition coefficient (Wildman–Crippen LogP) is 14.9. The molecule has 60 heavy (non-hydrogen) atoms. The van der Waals surface area contributed by atoms with E-state index < -0.39 is 0 Å². The van der Waals surface area contributed by atoms with Gasteiger partial charge in [0.1, 0.15) is 0 Å². The molecule has 288 valence electrons. The number of aromatic nitrogens is 2. The number of nitrogens with zero attached hydrogens (tertiary/aromatic N) is 2. The van der Waals surface area contributed by atoms with Gasteiger partial charge in [-0.05, 0) is 102 Å². The molecular weight excluding hydrogens is 725 g/mol. The maximum Gasteiger partial charge on any atom is 0.0582 e. The molecule has 0 bridgehead atoms. The van der Waals surface area contributed by atoms with Crippen LogP contribution in [-0.2, 0) is 21.7 Å². The molecule has 0 fully saturated rings. The third-order valence-electron chi connectivity index (χ3n) is 16.2. The standard InChI is InChI=1S/C58H46N2/c1-55(2)41-23-11-19-37-38-20-12-24-42-50(38)59(49(37)41)53-45(55)27-31(28-46(53)56(42,3)4)33-15-9-18-36-34(16-10-17-35(33)36)32-29-47-54-48(30-32)58(7,8)44-26-14-22-40-39-21-13-25-43(57(47,5)6)51(39)60(54)52(40)44/h9-30H,1-8H3. The lowest BCUT2D eigenvalue weighted by Gasteiger charge is -2.42. The van der Waals surface area contributed by atoms with Crippen molar-refractivity contribution < 1.29 is 0 Å². The number of hydrogen-bond donors (Lipinski definition) is 0. The summed E-state index contributed by atoms with van der Waals surface area (Å²) in [5.74, 6) is 0. The van der Waals surface area contributed by atoms with Crippen LogP contribution in [-0.4, -0.2) is 9.13 Å². The summed E-state index contributed by atoms with van der Waals surface area (Å²) in [4.78, 5) is 0. The Morgan fingerprint density at radius 3 is 0.817 bits per heavy atom. The molecule has 8 aromatic carbocycles.